The number of nitrogens with one attached hydrogen (secondary N) is 1. The van der Waals surface area contributed by atoms with Crippen molar-refractivity contribution >= 4 is 29.3 Å². The van der Waals surface area contributed by atoms with Gasteiger partial charge in [-0.3, -0.25) is 19.5 Å². The molecule has 0 radical (unpaired) electrons. The summed E-state index contributed by atoms with van der Waals surface area (Å²) in [6.45, 7) is 15.1. The highest BCUT2D eigenvalue weighted by Gasteiger charge is 2.40. The summed E-state index contributed by atoms with van der Waals surface area (Å²) in [4.78, 5) is 33.6. The van der Waals surface area contributed by atoms with Gasteiger partial charge in [0.05, 0.1) is 23.6 Å². The Kier molecular flexibility index (Phi) is 8.63. The molecule has 0 saturated heterocycles. The number of allylic oxidation sites excluding steroid dienone is 1. The van der Waals surface area contributed by atoms with Crippen molar-refractivity contribution in [3.8, 4) is 0 Å². The molecule has 6 heteroatoms. The molecule has 1 aliphatic carbocycles. The predicted molar refractivity (Wildman–Crippen MR) is 144 cm³/mol. The van der Waals surface area contributed by atoms with Gasteiger partial charge in [-0.15, -0.1) is 0 Å². The molecule has 35 heavy (non-hydrogen) atoms. The van der Waals surface area contributed by atoms with Crippen molar-refractivity contribution in [1.82, 2.24) is 10.2 Å². The summed E-state index contributed by atoms with van der Waals surface area (Å²) >= 11 is 6.58. The van der Waals surface area contributed by atoms with Gasteiger partial charge in [-0.2, -0.15) is 0 Å². The first-order valence-electron chi connectivity index (χ1n) is 12.8. The summed E-state index contributed by atoms with van der Waals surface area (Å²) in [7, 11) is 0. The Labute approximate surface area is 215 Å². The minimum absolute atomic E-state index is 0.101. The van der Waals surface area contributed by atoms with Crippen molar-refractivity contribution in [3.63, 3.8) is 0 Å². The number of amides is 2. The van der Waals surface area contributed by atoms with Crippen LogP contribution < -0.4 is 5.32 Å². The van der Waals surface area contributed by atoms with E-state index in [9.17, 15) is 9.59 Å². The second-order valence-electron chi connectivity index (χ2n) is 10.7. The Morgan fingerprint density at radius 1 is 1.23 bits per heavy atom. The number of amidine groups is 1. The molecule has 1 aromatic carbocycles. The third kappa shape index (κ3) is 6.06. The van der Waals surface area contributed by atoms with Gasteiger partial charge in [0.15, 0.2) is 0 Å². The van der Waals surface area contributed by atoms with E-state index in [4.69, 9.17) is 16.6 Å². The zero-order valence-corrected chi connectivity index (χ0v) is 22.9. The number of halogens is 1. The molecule has 1 N–H and O–H groups in total. The van der Waals surface area contributed by atoms with Crippen LogP contribution in [0.15, 0.2) is 57.6 Å². The maximum atomic E-state index is 13.4. The van der Waals surface area contributed by atoms with E-state index in [1.165, 1.54) is 0 Å². The van der Waals surface area contributed by atoms with E-state index in [0.29, 0.717) is 30.0 Å². The van der Waals surface area contributed by atoms with Crippen LogP contribution >= 0.6 is 11.6 Å². The molecule has 1 heterocycles. The Morgan fingerprint density at radius 2 is 1.89 bits per heavy atom. The lowest BCUT2D eigenvalue weighted by Crippen LogP contribution is -2.51. The maximum absolute atomic E-state index is 13.4. The van der Waals surface area contributed by atoms with Crippen molar-refractivity contribution < 1.29 is 9.59 Å². The average molecular weight is 498 g/mol. The molecule has 1 aromatic rings. The molecule has 0 spiro atoms. The third-order valence-electron chi connectivity index (χ3n) is 7.73. The van der Waals surface area contributed by atoms with Crippen LogP contribution in [-0.2, 0) is 9.59 Å². The Hall–Kier alpha value is -2.40. The van der Waals surface area contributed by atoms with Crippen LogP contribution in [0.1, 0.15) is 79.3 Å². The molecule has 0 fully saturated rings. The van der Waals surface area contributed by atoms with E-state index in [1.807, 2.05) is 48.2 Å². The second kappa shape index (κ2) is 11.1. The fourth-order valence-corrected chi connectivity index (χ4v) is 4.91. The van der Waals surface area contributed by atoms with E-state index < -0.39 is 0 Å². The lowest BCUT2D eigenvalue weighted by atomic mass is 9.82. The molecule has 4 unspecified atom stereocenters. The molecule has 3 rings (SSSR count). The highest BCUT2D eigenvalue weighted by Crippen LogP contribution is 2.36. The van der Waals surface area contributed by atoms with Crippen LogP contribution in [0.4, 0.5) is 0 Å². The van der Waals surface area contributed by atoms with Gasteiger partial charge in [0.2, 0.25) is 5.91 Å². The summed E-state index contributed by atoms with van der Waals surface area (Å²) < 4.78 is 0. The molecule has 5 nitrogen and oxygen atoms in total. The monoisotopic (exact) mass is 497 g/mol. The first-order chi connectivity index (χ1) is 16.5. The topological polar surface area (TPSA) is 61.8 Å². The van der Waals surface area contributed by atoms with Crippen molar-refractivity contribution in [2.75, 3.05) is 6.54 Å². The largest absolute Gasteiger partial charge is 0.345 e. The molecule has 4 atom stereocenters. The van der Waals surface area contributed by atoms with E-state index in [1.54, 1.807) is 0 Å². The standard InChI is InChI=1S/C29H40ClN3O2/c1-8-19(4)27-32-29(7,18(2)3)16-26(34)33(27)17-23-15-24(25(30)14-20(23)5)28(35)31-21(6)22-12-10-9-11-13-22/h9-13,15,18-21H,8,14,16-17H2,1-7H3,(H,31,35). The van der Waals surface area contributed by atoms with Gasteiger partial charge in [0, 0.05) is 17.5 Å². The molecular formula is C29H40ClN3O2. The van der Waals surface area contributed by atoms with Crippen molar-refractivity contribution in [2.45, 2.75) is 79.3 Å². The zero-order valence-electron chi connectivity index (χ0n) is 22.2. The maximum Gasteiger partial charge on any atom is 0.252 e. The van der Waals surface area contributed by atoms with E-state index >= 15 is 0 Å². The van der Waals surface area contributed by atoms with E-state index in [0.717, 1.165) is 23.4 Å². The number of hydrogen-bond donors (Lipinski definition) is 1. The molecule has 2 aliphatic rings. The fraction of sp³-hybridized carbons (Fsp3) is 0.552. The molecule has 1 aliphatic heterocycles. The lowest BCUT2D eigenvalue weighted by molar-refractivity contribution is -0.129. The number of nitrogens with zero attached hydrogens (tertiary/aromatic N) is 2. The fourth-order valence-electron chi connectivity index (χ4n) is 4.54. The van der Waals surface area contributed by atoms with Crippen molar-refractivity contribution in [1.29, 1.82) is 0 Å². The quantitative estimate of drug-likeness (QED) is 0.450. The third-order valence-corrected chi connectivity index (χ3v) is 8.08. The number of rotatable bonds is 8. The van der Waals surface area contributed by atoms with Crippen LogP contribution in [0.5, 0.6) is 0 Å². The van der Waals surface area contributed by atoms with Crippen LogP contribution in [-0.4, -0.2) is 34.6 Å². The summed E-state index contributed by atoms with van der Waals surface area (Å²) in [6.07, 6.45) is 3.77. The van der Waals surface area contributed by atoms with Gasteiger partial charge in [-0.25, -0.2) is 0 Å². The highest BCUT2D eigenvalue weighted by atomic mass is 35.5. The molecule has 0 saturated carbocycles. The highest BCUT2D eigenvalue weighted by molar-refractivity contribution is 6.32. The Morgan fingerprint density at radius 3 is 2.49 bits per heavy atom. The van der Waals surface area contributed by atoms with Crippen molar-refractivity contribution in [3.05, 3.63) is 58.1 Å². The molecule has 0 bridgehead atoms. The van der Waals surface area contributed by atoms with Gasteiger partial charge >= 0.3 is 0 Å². The molecule has 0 aromatic heterocycles. The van der Waals surface area contributed by atoms with Crippen LogP contribution in [0, 0.1) is 17.8 Å². The number of aliphatic imine (C=N–C) groups is 1. The smallest absolute Gasteiger partial charge is 0.252 e. The van der Waals surface area contributed by atoms with E-state index in [2.05, 4.69) is 46.9 Å². The average Bonchev–Trinajstić information content (AvgIpc) is 2.81. The summed E-state index contributed by atoms with van der Waals surface area (Å²) in [6, 6.07) is 9.72. The Bertz CT molecular complexity index is 1040. The molecule has 190 valence electrons. The normalized spacial score (nSPS) is 24.8. The van der Waals surface area contributed by atoms with Gasteiger partial charge in [-0.05, 0) is 55.7 Å². The number of hydrogen-bond acceptors (Lipinski definition) is 3. The predicted octanol–water partition coefficient (Wildman–Crippen LogP) is 6.41. The van der Waals surface area contributed by atoms with Crippen LogP contribution in [0.25, 0.3) is 0 Å². The number of carbonyl (C=O) groups excluding carboxylic acids is 2. The first-order valence-corrected chi connectivity index (χ1v) is 13.2. The van der Waals surface area contributed by atoms with Crippen LogP contribution in [0.2, 0.25) is 0 Å². The van der Waals surface area contributed by atoms with Gasteiger partial charge in [-0.1, -0.05) is 76.6 Å². The lowest BCUT2D eigenvalue weighted by Gasteiger charge is -2.41. The summed E-state index contributed by atoms with van der Waals surface area (Å²) in [5, 5.41) is 3.64. The van der Waals surface area contributed by atoms with E-state index in [-0.39, 0.29) is 41.1 Å². The van der Waals surface area contributed by atoms with Gasteiger partial charge in [0.1, 0.15) is 5.84 Å². The first kappa shape index (κ1) is 27.2. The summed E-state index contributed by atoms with van der Waals surface area (Å²) in [5.74, 6) is 1.34. The SMILES string of the molecule is CCC(C)C1=NC(C)(C(C)C)CC(=O)N1CC1=CC(C(=O)NC(C)c2ccccc2)=C(Cl)CC1C. The Balaban J connectivity index is 1.87. The second-order valence-corrected chi connectivity index (χ2v) is 11.2. The van der Waals surface area contributed by atoms with Crippen LogP contribution in [0.3, 0.4) is 0 Å². The molecule has 2 amide bonds. The minimum Gasteiger partial charge on any atom is -0.345 e. The summed E-state index contributed by atoms with van der Waals surface area (Å²) in [5.41, 5.74) is 2.17. The zero-order chi connectivity index (χ0) is 25.9. The van der Waals surface area contributed by atoms with Gasteiger partial charge < -0.3 is 5.32 Å². The van der Waals surface area contributed by atoms with Gasteiger partial charge in [0.25, 0.3) is 5.91 Å². The number of carbonyl (C=O) groups is 2. The number of benzene rings is 1. The minimum atomic E-state index is -0.388. The molecular weight excluding hydrogens is 458 g/mol. The van der Waals surface area contributed by atoms with Crippen molar-refractivity contribution in [2.24, 2.45) is 22.7 Å².